The lowest BCUT2D eigenvalue weighted by Crippen LogP contribution is -2.29. The number of carbonyl (C=O) groups excluding carboxylic acids is 1. The number of hydrogen-bond donors (Lipinski definition) is 1. The minimum absolute atomic E-state index is 0.101. The van der Waals surface area contributed by atoms with Gasteiger partial charge in [-0.2, -0.15) is 0 Å². The van der Waals surface area contributed by atoms with Crippen LogP contribution in [0.15, 0.2) is 42.2 Å². The number of nitrogens with one attached hydrogen (secondary N) is 1. The molecule has 0 aromatic carbocycles. The van der Waals surface area contributed by atoms with Gasteiger partial charge in [0.25, 0.3) is 5.91 Å². The van der Waals surface area contributed by atoms with Gasteiger partial charge in [-0.1, -0.05) is 6.07 Å². The van der Waals surface area contributed by atoms with Gasteiger partial charge >= 0.3 is 0 Å². The van der Waals surface area contributed by atoms with Crippen molar-refractivity contribution in [2.45, 2.75) is 25.7 Å². The Morgan fingerprint density at radius 2 is 2.11 bits per heavy atom. The number of aryl methyl sites for hydroxylation is 1. The van der Waals surface area contributed by atoms with Gasteiger partial charge in [0.05, 0.1) is 10.6 Å². The van der Waals surface area contributed by atoms with Crippen molar-refractivity contribution in [3.05, 3.63) is 58.2 Å². The minimum atomic E-state index is -0.101. The van der Waals surface area contributed by atoms with Crippen LogP contribution in [0.1, 0.15) is 39.6 Å². The van der Waals surface area contributed by atoms with Gasteiger partial charge in [0.1, 0.15) is 0 Å². The summed E-state index contributed by atoms with van der Waals surface area (Å²) in [7, 11) is 2.15. The molecule has 0 aliphatic carbocycles. The monoisotopic (exact) mass is 381 g/mol. The highest BCUT2D eigenvalue weighted by atomic mass is 32.1. The molecule has 0 bridgehead atoms. The molecule has 1 saturated heterocycles. The standard InChI is InChI=1S/C20H23N5OS/c1-14-12-21-8-5-17(14)25-13-16(15-6-9-24(2)10-7-15)19(23-25)22-20(26)18-4-3-11-27-18/h3-5,8,11-13,15H,6-7,9-10H2,1-2H3,(H,22,23,26). The van der Waals surface area contributed by atoms with Crippen LogP contribution in [0, 0.1) is 6.92 Å². The van der Waals surface area contributed by atoms with Crippen molar-refractivity contribution in [3.63, 3.8) is 0 Å². The predicted molar refractivity (Wildman–Crippen MR) is 108 cm³/mol. The molecular weight excluding hydrogens is 358 g/mol. The second kappa shape index (κ2) is 7.62. The van der Waals surface area contributed by atoms with Gasteiger partial charge < -0.3 is 10.2 Å². The smallest absolute Gasteiger partial charge is 0.266 e. The average Bonchev–Trinajstić information content (AvgIpc) is 3.33. The molecule has 1 aliphatic rings. The summed E-state index contributed by atoms with van der Waals surface area (Å²) in [6.07, 6.45) is 7.81. The highest BCUT2D eigenvalue weighted by Gasteiger charge is 2.25. The van der Waals surface area contributed by atoms with Gasteiger partial charge in [-0.25, -0.2) is 4.68 Å². The summed E-state index contributed by atoms with van der Waals surface area (Å²) in [6.45, 7) is 4.13. The Morgan fingerprint density at radius 3 is 2.81 bits per heavy atom. The van der Waals surface area contributed by atoms with Crippen molar-refractivity contribution in [2.75, 3.05) is 25.5 Å². The van der Waals surface area contributed by atoms with Gasteiger partial charge in [0, 0.05) is 24.2 Å². The van der Waals surface area contributed by atoms with Gasteiger partial charge in [0.15, 0.2) is 5.82 Å². The van der Waals surface area contributed by atoms with E-state index < -0.39 is 0 Å². The molecule has 7 heteroatoms. The first-order valence-electron chi connectivity index (χ1n) is 9.16. The molecule has 6 nitrogen and oxygen atoms in total. The van der Waals surface area contributed by atoms with E-state index in [1.165, 1.54) is 11.3 Å². The van der Waals surface area contributed by atoms with E-state index in [2.05, 4.69) is 28.4 Å². The van der Waals surface area contributed by atoms with Crippen LogP contribution in [0.5, 0.6) is 0 Å². The van der Waals surface area contributed by atoms with Crippen molar-refractivity contribution < 1.29 is 4.79 Å². The molecular formula is C20H23N5OS. The van der Waals surface area contributed by atoms with Crippen molar-refractivity contribution in [2.24, 2.45) is 0 Å². The maximum Gasteiger partial charge on any atom is 0.266 e. The number of piperidine rings is 1. The lowest BCUT2D eigenvalue weighted by molar-refractivity contribution is 0.103. The number of anilines is 1. The maximum absolute atomic E-state index is 12.6. The largest absolute Gasteiger partial charge is 0.306 e. The van der Waals surface area contributed by atoms with Crippen LogP contribution in [0.2, 0.25) is 0 Å². The normalized spacial score (nSPS) is 15.8. The Hall–Kier alpha value is -2.51. The van der Waals surface area contributed by atoms with E-state index in [1.807, 2.05) is 41.4 Å². The fourth-order valence-corrected chi connectivity index (χ4v) is 4.15. The van der Waals surface area contributed by atoms with E-state index in [-0.39, 0.29) is 5.91 Å². The summed E-state index contributed by atoms with van der Waals surface area (Å²) in [5, 5.41) is 9.68. The van der Waals surface area contributed by atoms with Crippen molar-refractivity contribution in [1.29, 1.82) is 0 Å². The lowest BCUT2D eigenvalue weighted by atomic mass is 9.91. The Kier molecular flexibility index (Phi) is 5.05. The van der Waals surface area contributed by atoms with Crippen LogP contribution >= 0.6 is 11.3 Å². The molecule has 140 valence electrons. The van der Waals surface area contributed by atoms with Gasteiger partial charge in [-0.3, -0.25) is 9.78 Å². The zero-order chi connectivity index (χ0) is 18.8. The molecule has 1 amide bonds. The molecule has 4 heterocycles. The topological polar surface area (TPSA) is 63.1 Å². The van der Waals surface area contributed by atoms with Crippen LogP contribution in [0.4, 0.5) is 5.82 Å². The highest BCUT2D eigenvalue weighted by molar-refractivity contribution is 7.12. The second-order valence-corrected chi connectivity index (χ2v) is 8.00. The first-order valence-corrected chi connectivity index (χ1v) is 10.0. The van der Waals surface area contributed by atoms with E-state index in [4.69, 9.17) is 5.10 Å². The van der Waals surface area contributed by atoms with Gasteiger partial charge in [0.2, 0.25) is 0 Å². The van der Waals surface area contributed by atoms with Crippen LogP contribution < -0.4 is 5.32 Å². The predicted octanol–water partition coefficient (Wildman–Crippen LogP) is 3.70. The molecule has 4 rings (SSSR count). The molecule has 0 radical (unpaired) electrons. The SMILES string of the molecule is Cc1cnccc1-n1cc(C2CCN(C)CC2)c(NC(=O)c2cccs2)n1. The van der Waals surface area contributed by atoms with Crippen molar-refractivity contribution in [3.8, 4) is 5.69 Å². The van der Waals surface area contributed by atoms with E-state index in [0.29, 0.717) is 16.6 Å². The molecule has 1 fully saturated rings. The second-order valence-electron chi connectivity index (χ2n) is 7.05. The number of rotatable bonds is 4. The molecule has 0 saturated carbocycles. The number of likely N-dealkylation sites (tertiary alicyclic amines) is 1. The average molecular weight is 382 g/mol. The Bertz CT molecular complexity index is 926. The lowest BCUT2D eigenvalue weighted by Gasteiger charge is -2.28. The summed E-state index contributed by atoms with van der Waals surface area (Å²) in [5.41, 5.74) is 3.14. The highest BCUT2D eigenvalue weighted by Crippen LogP contribution is 2.33. The molecule has 1 N–H and O–H groups in total. The fraction of sp³-hybridized carbons (Fsp3) is 0.350. The number of nitrogens with zero attached hydrogens (tertiary/aromatic N) is 4. The van der Waals surface area contributed by atoms with Crippen LogP contribution in [0.25, 0.3) is 5.69 Å². The summed E-state index contributed by atoms with van der Waals surface area (Å²) in [4.78, 5) is 19.8. The first kappa shape index (κ1) is 17.9. The first-order chi connectivity index (χ1) is 13.1. The van der Waals surface area contributed by atoms with Crippen molar-refractivity contribution >= 4 is 23.1 Å². The number of aromatic nitrogens is 3. The number of thiophene rings is 1. The van der Waals surface area contributed by atoms with E-state index in [1.54, 1.807) is 6.20 Å². The Balaban J connectivity index is 1.69. The molecule has 3 aromatic heterocycles. The quantitative estimate of drug-likeness (QED) is 0.748. The number of amides is 1. The molecule has 0 unspecified atom stereocenters. The third-order valence-corrected chi connectivity index (χ3v) is 5.98. The van der Waals surface area contributed by atoms with E-state index in [9.17, 15) is 4.79 Å². The Labute approximate surface area is 162 Å². The summed E-state index contributed by atoms with van der Waals surface area (Å²) < 4.78 is 1.87. The minimum Gasteiger partial charge on any atom is -0.306 e. The summed E-state index contributed by atoms with van der Waals surface area (Å²) in [5.74, 6) is 0.964. The molecule has 1 aliphatic heterocycles. The number of carbonyl (C=O) groups is 1. The van der Waals surface area contributed by atoms with Crippen LogP contribution in [0.3, 0.4) is 0 Å². The zero-order valence-corrected chi connectivity index (χ0v) is 16.4. The fourth-order valence-electron chi connectivity index (χ4n) is 3.53. The summed E-state index contributed by atoms with van der Waals surface area (Å²) >= 11 is 1.44. The van der Waals surface area contributed by atoms with Gasteiger partial charge in [-0.05, 0) is 68.9 Å². The van der Waals surface area contributed by atoms with E-state index in [0.717, 1.165) is 42.7 Å². The number of pyridine rings is 1. The maximum atomic E-state index is 12.6. The third kappa shape index (κ3) is 3.79. The van der Waals surface area contributed by atoms with Crippen LogP contribution in [-0.4, -0.2) is 45.7 Å². The third-order valence-electron chi connectivity index (χ3n) is 5.12. The van der Waals surface area contributed by atoms with E-state index >= 15 is 0 Å². The molecule has 3 aromatic rings. The molecule has 27 heavy (non-hydrogen) atoms. The van der Waals surface area contributed by atoms with Crippen LogP contribution in [-0.2, 0) is 0 Å². The summed E-state index contributed by atoms with van der Waals surface area (Å²) in [6, 6.07) is 5.67. The molecule has 0 atom stereocenters. The molecule has 0 spiro atoms. The Morgan fingerprint density at radius 1 is 1.30 bits per heavy atom. The number of hydrogen-bond acceptors (Lipinski definition) is 5. The van der Waals surface area contributed by atoms with Gasteiger partial charge in [-0.15, -0.1) is 16.4 Å². The van der Waals surface area contributed by atoms with Crippen molar-refractivity contribution in [1.82, 2.24) is 19.7 Å². The zero-order valence-electron chi connectivity index (χ0n) is 15.6.